The van der Waals surface area contributed by atoms with E-state index in [1.807, 2.05) is 12.1 Å². The fourth-order valence-corrected chi connectivity index (χ4v) is 8.27. The zero-order valence-corrected chi connectivity index (χ0v) is 32.6. The molecule has 306 valence electrons. The highest BCUT2D eigenvalue weighted by atomic mass is 19.1. The Kier molecular flexibility index (Phi) is 11.7. The number of aromatic nitrogens is 3. The summed E-state index contributed by atoms with van der Waals surface area (Å²) in [7, 11) is 0. The van der Waals surface area contributed by atoms with Gasteiger partial charge in [-0.15, -0.1) is 0 Å². The maximum absolute atomic E-state index is 15.0. The molecule has 2 aromatic heterocycles. The molecule has 59 heavy (non-hydrogen) atoms. The molecular weight excluding hydrogens is 759 g/mol. The highest BCUT2D eigenvalue weighted by molar-refractivity contribution is 5.98. The minimum Gasteiger partial charge on any atom is -0.397 e. The van der Waals surface area contributed by atoms with E-state index in [-0.39, 0.29) is 58.9 Å². The Balaban J connectivity index is 0.759. The molecule has 0 bridgehead atoms. The molecule has 3 amide bonds. The molecule has 3 N–H and O–H groups in total. The van der Waals surface area contributed by atoms with Gasteiger partial charge in [-0.05, 0) is 73.2 Å². The number of nitrogens with two attached hydrogens (primary N) is 1. The van der Waals surface area contributed by atoms with Gasteiger partial charge in [0.25, 0.3) is 17.4 Å². The predicted molar refractivity (Wildman–Crippen MR) is 218 cm³/mol. The lowest BCUT2D eigenvalue weighted by Gasteiger charge is -2.38. The van der Waals surface area contributed by atoms with Crippen LogP contribution < -0.4 is 11.3 Å². The van der Waals surface area contributed by atoms with E-state index >= 15 is 4.39 Å². The molecule has 13 nitrogen and oxygen atoms in total. The summed E-state index contributed by atoms with van der Waals surface area (Å²) in [5, 5.41) is 7.94. The number of H-pyrrole nitrogens is 1. The van der Waals surface area contributed by atoms with Crippen molar-refractivity contribution in [1.82, 2.24) is 34.8 Å². The Morgan fingerprint density at radius 2 is 1.42 bits per heavy atom. The van der Waals surface area contributed by atoms with Crippen molar-refractivity contribution in [1.29, 1.82) is 0 Å². The van der Waals surface area contributed by atoms with Crippen LogP contribution in [0.25, 0.3) is 21.9 Å². The van der Waals surface area contributed by atoms with Crippen LogP contribution in [0.4, 0.5) is 14.5 Å². The van der Waals surface area contributed by atoms with Crippen molar-refractivity contribution < 1.29 is 27.9 Å². The number of nitrogens with one attached hydrogen (secondary N) is 1. The average Bonchev–Trinajstić information content (AvgIpc) is 3.26. The number of fused-ring (bicyclic) bond motifs is 1. The lowest BCUT2D eigenvalue weighted by Crippen LogP contribution is -2.53. The first-order chi connectivity index (χ1) is 28.6. The number of anilines is 1. The van der Waals surface area contributed by atoms with Crippen molar-refractivity contribution in [3.8, 4) is 11.1 Å². The standard InChI is InChI=1S/C44H46F2N8O5/c45-31-5-3-4-29(24-31)30-25-38(47)41(48-26-30)44(58)53-16-12-33(13-17-53)59-32-10-14-51(15-11-32)27-40(55)52-18-20-54(21-19-52)43(57)36-22-28(8-9-37(36)46)23-39-34-6-1-2-7-35(34)42(56)50-49-39/h1-9,22,24-26,32-33H,10-21,23,27,47H2,(H,50,56). The van der Waals surface area contributed by atoms with Crippen molar-refractivity contribution in [3.05, 3.63) is 123 Å². The van der Waals surface area contributed by atoms with E-state index in [2.05, 4.69) is 20.1 Å². The molecule has 5 heterocycles. The Bertz CT molecular complexity index is 2420. The first-order valence-corrected chi connectivity index (χ1v) is 20.1. The van der Waals surface area contributed by atoms with Gasteiger partial charge in [-0.3, -0.25) is 24.1 Å². The lowest BCUT2D eigenvalue weighted by atomic mass is 10.0. The maximum atomic E-state index is 15.0. The van der Waals surface area contributed by atoms with E-state index in [1.165, 1.54) is 18.2 Å². The second-order valence-electron chi connectivity index (χ2n) is 15.5. The molecule has 3 fully saturated rings. The smallest absolute Gasteiger partial charge is 0.274 e. The van der Waals surface area contributed by atoms with E-state index in [0.717, 1.165) is 25.9 Å². The van der Waals surface area contributed by atoms with Gasteiger partial charge in [0.15, 0.2) is 5.69 Å². The number of piperazine rings is 1. The molecule has 3 aliphatic rings. The van der Waals surface area contributed by atoms with Crippen LogP contribution in [0.2, 0.25) is 0 Å². The number of ether oxygens (including phenoxy) is 1. The molecule has 0 atom stereocenters. The van der Waals surface area contributed by atoms with Crippen molar-refractivity contribution >= 4 is 34.2 Å². The van der Waals surface area contributed by atoms with Gasteiger partial charge in [-0.1, -0.05) is 36.4 Å². The van der Waals surface area contributed by atoms with Gasteiger partial charge < -0.3 is 25.2 Å². The zero-order valence-electron chi connectivity index (χ0n) is 32.6. The number of piperidine rings is 2. The van der Waals surface area contributed by atoms with Gasteiger partial charge in [-0.2, -0.15) is 5.10 Å². The van der Waals surface area contributed by atoms with Crippen molar-refractivity contribution in [2.45, 2.75) is 44.3 Å². The lowest BCUT2D eigenvalue weighted by molar-refractivity contribution is -0.135. The molecule has 3 aliphatic heterocycles. The molecule has 3 saturated heterocycles. The van der Waals surface area contributed by atoms with Crippen LogP contribution in [-0.4, -0.2) is 124 Å². The van der Waals surface area contributed by atoms with E-state index in [4.69, 9.17) is 10.5 Å². The number of hydrogen-bond acceptors (Lipinski definition) is 9. The van der Waals surface area contributed by atoms with Gasteiger partial charge in [-0.25, -0.2) is 18.9 Å². The van der Waals surface area contributed by atoms with Gasteiger partial charge in [0.2, 0.25) is 5.91 Å². The molecule has 3 aromatic carbocycles. The molecule has 5 aromatic rings. The maximum Gasteiger partial charge on any atom is 0.274 e. The molecule has 15 heteroatoms. The number of hydrogen-bond donors (Lipinski definition) is 2. The molecule has 0 spiro atoms. The number of carbonyl (C=O) groups is 3. The SMILES string of the molecule is Nc1cc(-c2cccc(F)c2)cnc1C(=O)N1CCC(OC2CCN(CC(=O)N3CCN(C(=O)c4cc(Cc5n[nH]c(=O)c6ccccc56)ccc4F)CC3)CC2)CC1. The number of benzene rings is 3. The van der Waals surface area contributed by atoms with Crippen molar-refractivity contribution in [2.75, 3.05) is 64.6 Å². The van der Waals surface area contributed by atoms with E-state index in [0.29, 0.717) is 91.7 Å². The van der Waals surface area contributed by atoms with E-state index in [1.54, 1.807) is 63.4 Å². The normalized spacial score (nSPS) is 17.1. The first kappa shape index (κ1) is 39.8. The summed E-state index contributed by atoms with van der Waals surface area (Å²) >= 11 is 0. The average molecular weight is 805 g/mol. The van der Waals surface area contributed by atoms with Crippen LogP contribution in [0.15, 0.2) is 83.8 Å². The summed E-state index contributed by atoms with van der Waals surface area (Å²) in [5.41, 5.74) is 8.92. The number of aromatic amines is 1. The molecule has 0 unspecified atom stereocenters. The number of carbonyl (C=O) groups excluding carboxylic acids is 3. The summed E-state index contributed by atoms with van der Waals surface area (Å²) in [4.78, 5) is 63.9. The van der Waals surface area contributed by atoms with Gasteiger partial charge in [0.05, 0.1) is 41.1 Å². The highest BCUT2D eigenvalue weighted by Crippen LogP contribution is 2.27. The summed E-state index contributed by atoms with van der Waals surface area (Å²) < 4.78 is 35.2. The number of pyridine rings is 1. The summed E-state index contributed by atoms with van der Waals surface area (Å²) in [6.07, 6.45) is 4.94. The van der Waals surface area contributed by atoms with Crippen molar-refractivity contribution in [2.24, 2.45) is 0 Å². The molecular formula is C44H46F2N8O5. The van der Waals surface area contributed by atoms with Crippen LogP contribution in [0.1, 0.15) is 57.8 Å². The minimum atomic E-state index is -0.616. The second-order valence-corrected chi connectivity index (χ2v) is 15.5. The zero-order chi connectivity index (χ0) is 41.0. The number of halogens is 2. The monoisotopic (exact) mass is 804 g/mol. The van der Waals surface area contributed by atoms with Crippen LogP contribution in [0.5, 0.6) is 0 Å². The van der Waals surface area contributed by atoms with E-state index < -0.39 is 11.7 Å². The Morgan fingerprint density at radius 1 is 0.746 bits per heavy atom. The largest absolute Gasteiger partial charge is 0.397 e. The molecule has 8 rings (SSSR count). The first-order valence-electron chi connectivity index (χ1n) is 20.1. The third kappa shape index (κ3) is 9.00. The minimum absolute atomic E-state index is 0.000966. The topological polar surface area (TPSA) is 158 Å². The number of rotatable bonds is 9. The third-order valence-electron chi connectivity index (χ3n) is 11.6. The summed E-state index contributed by atoms with van der Waals surface area (Å²) in [6.45, 7) is 4.11. The van der Waals surface area contributed by atoms with Crippen LogP contribution in [0, 0.1) is 11.6 Å². The number of nitrogen functional groups attached to an aromatic ring is 1. The van der Waals surface area contributed by atoms with Crippen LogP contribution in [0.3, 0.4) is 0 Å². The fourth-order valence-electron chi connectivity index (χ4n) is 8.27. The van der Waals surface area contributed by atoms with E-state index in [9.17, 15) is 23.6 Å². The number of amides is 3. The summed E-state index contributed by atoms with van der Waals surface area (Å²) in [6, 6.07) is 19.4. The third-order valence-corrected chi connectivity index (χ3v) is 11.6. The Morgan fingerprint density at radius 3 is 2.14 bits per heavy atom. The summed E-state index contributed by atoms with van der Waals surface area (Å²) in [5.74, 6) is -1.63. The number of likely N-dealkylation sites (tertiary alicyclic amines) is 2. The van der Waals surface area contributed by atoms with Gasteiger partial charge in [0, 0.05) is 75.9 Å². The predicted octanol–water partition coefficient (Wildman–Crippen LogP) is 4.51. The fraction of sp³-hybridized carbons (Fsp3) is 0.364. The number of nitrogens with zero attached hydrogens (tertiary/aromatic N) is 6. The Labute approximate surface area is 339 Å². The highest BCUT2D eigenvalue weighted by Gasteiger charge is 2.31. The van der Waals surface area contributed by atoms with Gasteiger partial charge >= 0.3 is 0 Å². The molecule has 0 saturated carbocycles. The molecule has 0 radical (unpaired) electrons. The molecule has 0 aliphatic carbocycles. The van der Waals surface area contributed by atoms with Crippen LogP contribution >= 0.6 is 0 Å². The second kappa shape index (κ2) is 17.4. The van der Waals surface area contributed by atoms with Gasteiger partial charge in [0.1, 0.15) is 11.6 Å². The quantitative estimate of drug-likeness (QED) is 0.219. The van der Waals surface area contributed by atoms with Crippen molar-refractivity contribution in [3.63, 3.8) is 0 Å². The van der Waals surface area contributed by atoms with Crippen LogP contribution in [-0.2, 0) is 16.0 Å². The Hall–Kier alpha value is -6.06.